The van der Waals surface area contributed by atoms with Crippen LogP contribution < -0.4 is 14.8 Å². The van der Waals surface area contributed by atoms with Crippen LogP contribution in [0, 0.1) is 21.4 Å². The summed E-state index contributed by atoms with van der Waals surface area (Å²) in [5.74, 6) is -0.0694. The van der Waals surface area contributed by atoms with E-state index in [0.717, 1.165) is 6.07 Å². The molecular weight excluding hydrogens is 374 g/mol. The quantitative estimate of drug-likeness (QED) is 0.349. The molecular formula is C18H14ClN3O5. The predicted octanol–water partition coefficient (Wildman–Crippen LogP) is 3.81. The molecule has 0 saturated heterocycles. The van der Waals surface area contributed by atoms with Gasteiger partial charge >= 0.3 is 0 Å². The zero-order valence-electron chi connectivity index (χ0n) is 14.4. The molecule has 138 valence electrons. The fraction of sp³-hybridized carbons (Fsp3) is 0.111. The third-order valence-electron chi connectivity index (χ3n) is 3.49. The molecule has 1 N–H and O–H groups in total. The van der Waals surface area contributed by atoms with E-state index in [4.69, 9.17) is 21.1 Å². The molecule has 0 atom stereocenters. The number of amides is 1. The molecule has 0 saturated carbocycles. The van der Waals surface area contributed by atoms with Crippen molar-refractivity contribution in [2.24, 2.45) is 0 Å². The van der Waals surface area contributed by atoms with E-state index in [1.54, 1.807) is 24.3 Å². The average molecular weight is 388 g/mol. The van der Waals surface area contributed by atoms with Gasteiger partial charge in [0.15, 0.2) is 0 Å². The SMILES string of the molecule is COc1ccc(/C=C(\C#N)C(=O)Nc2cc([N+](=O)[O-])ccc2OC)cc1Cl. The zero-order valence-corrected chi connectivity index (χ0v) is 15.1. The minimum Gasteiger partial charge on any atom is -0.495 e. The van der Waals surface area contributed by atoms with Gasteiger partial charge in [0.05, 0.1) is 29.9 Å². The van der Waals surface area contributed by atoms with E-state index in [2.05, 4.69) is 5.32 Å². The molecule has 0 aromatic heterocycles. The second-order valence-electron chi connectivity index (χ2n) is 5.16. The van der Waals surface area contributed by atoms with E-state index in [1.807, 2.05) is 0 Å². The molecule has 0 spiro atoms. The van der Waals surface area contributed by atoms with Crippen molar-refractivity contribution >= 4 is 35.0 Å². The second kappa shape index (κ2) is 8.69. The van der Waals surface area contributed by atoms with Crippen LogP contribution in [0.4, 0.5) is 11.4 Å². The highest BCUT2D eigenvalue weighted by Gasteiger charge is 2.16. The van der Waals surface area contributed by atoms with E-state index in [1.165, 1.54) is 32.4 Å². The van der Waals surface area contributed by atoms with Crippen molar-refractivity contribution in [3.05, 3.63) is 62.7 Å². The molecule has 2 aromatic rings. The molecule has 27 heavy (non-hydrogen) atoms. The number of carbonyl (C=O) groups is 1. The monoisotopic (exact) mass is 387 g/mol. The van der Waals surface area contributed by atoms with Crippen LogP contribution in [0.15, 0.2) is 42.0 Å². The number of nitro benzene ring substituents is 1. The summed E-state index contributed by atoms with van der Waals surface area (Å²) in [5, 5.41) is 23.0. The highest BCUT2D eigenvalue weighted by molar-refractivity contribution is 6.32. The fourth-order valence-corrected chi connectivity index (χ4v) is 2.45. The number of anilines is 1. The van der Waals surface area contributed by atoms with E-state index in [-0.39, 0.29) is 22.7 Å². The molecule has 0 radical (unpaired) electrons. The van der Waals surface area contributed by atoms with Gasteiger partial charge in [-0.2, -0.15) is 5.26 Å². The van der Waals surface area contributed by atoms with Crippen molar-refractivity contribution in [2.45, 2.75) is 0 Å². The van der Waals surface area contributed by atoms with Crippen LogP contribution in [-0.4, -0.2) is 25.1 Å². The average Bonchev–Trinajstić information content (AvgIpc) is 2.65. The van der Waals surface area contributed by atoms with Crippen LogP contribution in [-0.2, 0) is 4.79 Å². The minimum atomic E-state index is -0.747. The fourth-order valence-electron chi connectivity index (χ4n) is 2.18. The molecule has 0 aliphatic carbocycles. The van der Waals surface area contributed by atoms with E-state index in [0.29, 0.717) is 16.3 Å². The Kier molecular flexibility index (Phi) is 6.36. The largest absolute Gasteiger partial charge is 0.495 e. The number of halogens is 1. The first-order valence-corrected chi connectivity index (χ1v) is 7.86. The number of ether oxygens (including phenoxy) is 2. The number of nitrogens with zero attached hydrogens (tertiary/aromatic N) is 2. The lowest BCUT2D eigenvalue weighted by Gasteiger charge is -2.09. The normalized spacial score (nSPS) is 10.7. The number of methoxy groups -OCH3 is 2. The van der Waals surface area contributed by atoms with Gasteiger partial charge in [-0.1, -0.05) is 17.7 Å². The number of hydrogen-bond acceptors (Lipinski definition) is 6. The summed E-state index contributed by atoms with van der Waals surface area (Å²) in [7, 11) is 2.83. The summed E-state index contributed by atoms with van der Waals surface area (Å²) in [4.78, 5) is 22.7. The van der Waals surface area contributed by atoms with Crippen LogP contribution in [0.1, 0.15) is 5.56 Å². The van der Waals surface area contributed by atoms with Gasteiger partial charge in [-0.05, 0) is 29.8 Å². The van der Waals surface area contributed by atoms with Gasteiger partial charge in [0.25, 0.3) is 11.6 Å². The Labute approximate surface area is 159 Å². The highest BCUT2D eigenvalue weighted by Crippen LogP contribution is 2.30. The number of rotatable bonds is 6. The van der Waals surface area contributed by atoms with Crippen LogP contribution in [0.25, 0.3) is 6.08 Å². The van der Waals surface area contributed by atoms with Gasteiger partial charge in [0.2, 0.25) is 0 Å². The van der Waals surface area contributed by atoms with Crippen molar-refractivity contribution in [3.8, 4) is 17.6 Å². The Morgan fingerprint density at radius 3 is 2.44 bits per heavy atom. The molecule has 2 aromatic carbocycles. The summed E-state index contributed by atoms with van der Waals surface area (Å²) in [6, 6.07) is 10.3. The maximum Gasteiger partial charge on any atom is 0.271 e. The van der Waals surface area contributed by atoms with E-state index in [9.17, 15) is 20.2 Å². The number of nitro groups is 1. The summed E-state index contributed by atoms with van der Waals surface area (Å²) < 4.78 is 10.1. The molecule has 0 aliphatic heterocycles. The summed E-state index contributed by atoms with van der Waals surface area (Å²) in [5.41, 5.74) is 0.143. The Morgan fingerprint density at radius 1 is 1.22 bits per heavy atom. The van der Waals surface area contributed by atoms with E-state index >= 15 is 0 Å². The Morgan fingerprint density at radius 2 is 1.89 bits per heavy atom. The number of hydrogen-bond donors (Lipinski definition) is 1. The van der Waals surface area contributed by atoms with Crippen molar-refractivity contribution < 1.29 is 19.2 Å². The molecule has 0 fully saturated rings. The number of nitrogens with one attached hydrogen (secondary N) is 1. The van der Waals surface area contributed by atoms with Crippen LogP contribution in [0.3, 0.4) is 0 Å². The summed E-state index contributed by atoms with van der Waals surface area (Å²) in [6.45, 7) is 0. The van der Waals surface area contributed by atoms with Crippen molar-refractivity contribution in [2.75, 3.05) is 19.5 Å². The topological polar surface area (TPSA) is 114 Å². The smallest absolute Gasteiger partial charge is 0.271 e. The lowest BCUT2D eigenvalue weighted by Crippen LogP contribution is -2.14. The van der Waals surface area contributed by atoms with Crippen LogP contribution in [0.5, 0.6) is 11.5 Å². The first-order chi connectivity index (χ1) is 12.9. The third kappa shape index (κ3) is 4.74. The molecule has 0 bridgehead atoms. The van der Waals surface area contributed by atoms with Gasteiger partial charge in [-0.25, -0.2) is 0 Å². The molecule has 0 aliphatic rings. The summed E-state index contributed by atoms with van der Waals surface area (Å²) >= 11 is 6.03. The number of benzene rings is 2. The van der Waals surface area contributed by atoms with Gasteiger partial charge in [-0.3, -0.25) is 14.9 Å². The molecule has 9 heteroatoms. The Balaban J connectivity index is 2.33. The number of carbonyl (C=O) groups excluding carboxylic acids is 1. The van der Waals surface area contributed by atoms with E-state index < -0.39 is 10.8 Å². The van der Waals surface area contributed by atoms with Gasteiger partial charge in [0, 0.05) is 12.1 Å². The lowest BCUT2D eigenvalue weighted by molar-refractivity contribution is -0.384. The first-order valence-electron chi connectivity index (χ1n) is 7.48. The first kappa shape index (κ1) is 19.8. The van der Waals surface area contributed by atoms with Crippen LogP contribution >= 0.6 is 11.6 Å². The summed E-state index contributed by atoms with van der Waals surface area (Å²) in [6.07, 6.45) is 1.34. The molecule has 0 unspecified atom stereocenters. The second-order valence-corrected chi connectivity index (χ2v) is 5.57. The standard InChI is InChI=1S/C18H14ClN3O5/c1-26-16-5-3-11(8-14(16)19)7-12(10-20)18(23)21-15-9-13(22(24)25)4-6-17(15)27-2/h3-9H,1-2H3,(H,21,23)/b12-7+. The highest BCUT2D eigenvalue weighted by atomic mass is 35.5. The molecule has 8 nitrogen and oxygen atoms in total. The number of nitriles is 1. The van der Waals surface area contributed by atoms with Gasteiger partial charge < -0.3 is 14.8 Å². The van der Waals surface area contributed by atoms with Crippen molar-refractivity contribution in [3.63, 3.8) is 0 Å². The third-order valence-corrected chi connectivity index (χ3v) is 3.79. The zero-order chi connectivity index (χ0) is 20.0. The van der Waals surface area contributed by atoms with Gasteiger partial charge in [-0.15, -0.1) is 0 Å². The number of non-ortho nitro benzene ring substituents is 1. The molecule has 1 amide bonds. The minimum absolute atomic E-state index is 0.0746. The predicted molar refractivity (Wildman–Crippen MR) is 99.9 cm³/mol. The Bertz CT molecular complexity index is 966. The maximum absolute atomic E-state index is 12.4. The van der Waals surface area contributed by atoms with Gasteiger partial charge in [0.1, 0.15) is 23.1 Å². The van der Waals surface area contributed by atoms with Crippen molar-refractivity contribution in [1.29, 1.82) is 5.26 Å². The molecule has 0 heterocycles. The molecule has 2 rings (SSSR count). The maximum atomic E-state index is 12.4. The van der Waals surface area contributed by atoms with Crippen molar-refractivity contribution in [1.82, 2.24) is 0 Å². The Hall–Kier alpha value is -3.57. The lowest BCUT2D eigenvalue weighted by atomic mass is 10.1. The van der Waals surface area contributed by atoms with Crippen LogP contribution in [0.2, 0.25) is 5.02 Å².